The molecule has 1 aromatic carbocycles. The van der Waals surface area contributed by atoms with Gasteiger partial charge in [0.2, 0.25) is 0 Å². The van der Waals surface area contributed by atoms with E-state index < -0.39 is 0 Å². The van der Waals surface area contributed by atoms with Gasteiger partial charge >= 0.3 is 0 Å². The van der Waals surface area contributed by atoms with Crippen LogP contribution in [0.5, 0.6) is 0 Å². The highest BCUT2D eigenvalue weighted by atomic mass is 16.5. The molecule has 2 heterocycles. The molecule has 0 unspecified atom stereocenters. The summed E-state index contributed by atoms with van der Waals surface area (Å²) in [5.41, 5.74) is 4.61. The summed E-state index contributed by atoms with van der Waals surface area (Å²) >= 11 is 0. The van der Waals surface area contributed by atoms with E-state index in [-0.39, 0.29) is 0 Å². The highest BCUT2D eigenvalue weighted by Gasteiger charge is 2.18. The van der Waals surface area contributed by atoms with Crippen LogP contribution < -0.4 is 5.32 Å². The van der Waals surface area contributed by atoms with Gasteiger partial charge in [-0.05, 0) is 12.0 Å². The van der Waals surface area contributed by atoms with E-state index in [1.54, 1.807) is 0 Å². The van der Waals surface area contributed by atoms with Crippen LogP contribution in [-0.4, -0.2) is 23.6 Å². The number of aryl methyl sites for hydroxylation is 1. The second kappa shape index (κ2) is 5.59. The average Bonchev–Trinajstić information content (AvgIpc) is 2.53. The first-order valence-corrected chi connectivity index (χ1v) is 7.07. The molecule has 0 amide bonds. The van der Waals surface area contributed by atoms with Gasteiger partial charge in [-0.3, -0.25) is 0 Å². The van der Waals surface area contributed by atoms with E-state index in [9.17, 15) is 0 Å². The monoisotopic (exact) mass is 269 g/mol. The Kier molecular flexibility index (Phi) is 3.65. The van der Waals surface area contributed by atoms with Gasteiger partial charge in [0.15, 0.2) is 5.82 Å². The minimum absolute atomic E-state index is 0.598. The molecule has 104 valence electrons. The average molecular weight is 269 g/mol. The molecule has 0 atom stereocenters. The number of rotatable bonds is 3. The number of hydrogen-bond acceptors (Lipinski definition) is 4. The Bertz CT molecular complexity index is 608. The van der Waals surface area contributed by atoms with Gasteiger partial charge in [-0.25, -0.2) is 9.97 Å². The van der Waals surface area contributed by atoms with E-state index in [1.807, 2.05) is 13.1 Å². The lowest BCUT2D eigenvalue weighted by atomic mass is 10.0. The van der Waals surface area contributed by atoms with Crippen LogP contribution >= 0.6 is 0 Å². The van der Waals surface area contributed by atoms with Crippen molar-refractivity contribution in [3.05, 3.63) is 41.1 Å². The van der Waals surface area contributed by atoms with Crippen molar-refractivity contribution >= 4 is 5.82 Å². The van der Waals surface area contributed by atoms with E-state index in [1.165, 1.54) is 5.56 Å². The summed E-state index contributed by atoms with van der Waals surface area (Å²) < 4.78 is 5.51. The van der Waals surface area contributed by atoms with Crippen LogP contribution in [0.3, 0.4) is 0 Å². The minimum Gasteiger partial charge on any atom is -0.376 e. The molecular formula is C16H19N3O. The van der Waals surface area contributed by atoms with Gasteiger partial charge in [-0.2, -0.15) is 0 Å². The van der Waals surface area contributed by atoms with Crippen LogP contribution in [0, 0.1) is 0 Å². The van der Waals surface area contributed by atoms with Gasteiger partial charge in [0, 0.05) is 24.6 Å². The summed E-state index contributed by atoms with van der Waals surface area (Å²) in [6.07, 6.45) is 1.84. The number of aromatic nitrogens is 2. The fraction of sp³-hybridized carbons (Fsp3) is 0.375. The summed E-state index contributed by atoms with van der Waals surface area (Å²) in [7, 11) is 1.90. The van der Waals surface area contributed by atoms with Crippen LogP contribution in [0.1, 0.15) is 23.7 Å². The molecule has 0 radical (unpaired) electrons. The van der Waals surface area contributed by atoms with Gasteiger partial charge in [-0.1, -0.05) is 31.2 Å². The molecule has 2 aromatic rings. The van der Waals surface area contributed by atoms with Gasteiger partial charge < -0.3 is 10.1 Å². The lowest BCUT2D eigenvalue weighted by Crippen LogP contribution is -2.16. The number of nitrogens with one attached hydrogen (secondary N) is 1. The summed E-state index contributed by atoms with van der Waals surface area (Å²) in [5.74, 6) is 1.70. The molecule has 0 spiro atoms. The molecule has 0 saturated heterocycles. The highest BCUT2D eigenvalue weighted by Crippen LogP contribution is 2.27. The number of benzene rings is 1. The van der Waals surface area contributed by atoms with E-state index in [4.69, 9.17) is 9.72 Å². The number of hydrogen-bond donors (Lipinski definition) is 1. The fourth-order valence-corrected chi connectivity index (χ4v) is 2.61. The third-order valence-corrected chi connectivity index (χ3v) is 3.70. The van der Waals surface area contributed by atoms with Crippen LogP contribution in [0.15, 0.2) is 24.3 Å². The van der Waals surface area contributed by atoms with Crippen molar-refractivity contribution in [1.82, 2.24) is 9.97 Å². The quantitative estimate of drug-likeness (QED) is 0.930. The summed E-state index contributed by atoms with van der Waals surface area (Å²) in [6, 6.07) is 8.34. The SMILES string of the molecule is CCc1ccccc1-c1nc2c(c(NC)n1)COCC2. The van der Waals surface area contributed by atoms with Gasteiger partial charge in [-0.15, -0.1) is 0 Å². The van der Waals surface area contributed by atoms with Crippen molar-refractivity contribution in [1.29, 1.82) is 0 Å². The predicted octanol–water partition coefficient (Wildman–Crippen LogP) is 2.82. The molecular weight excluding hydrogens is 250 g/mol. The summed E-state index contributed by atoms with van der Waals surface area (Å²) in [6.45, 7) is 3.49. The summed E-state index contributed by atoms with van der Waals surface area (Å²) in [4.78, 5) is 9.45. The second-order valence-corrected chi connectivity index (χ2v) is 4.88. The number of fused-ring (bicyclic) bond motifs is 1. The lowest BCUT2D eigenvalue weighted by molar-refractivity contribution is 0.109. The molecule has 4 nitrogen and oxygen atoms in total. The van der Waals surface area contributed by atoms with Gasteiger partial charge in [0.05, 0.1) is 18.9 Å². The Morgan fingerprint density at radius 3 is 2.90 bits per heavy atom. The highest BCUT2D eigenvalue weighted by molar-refractivity contribution is 5.63. The smallest absolute Gasteiger partial charge is 0.162 e. The molecule has 1 aliphatic heterocycles. The Morgan fingerprint density at radius 1 is 1.25 bits per heavy atom. The summed E-state index contributed by atoms with van der Waals surface area (Å²) in [5, 5.41) is 3.17. The van der Waals surface area contributed by atoms with Crippen molar-refractivity contribution in [2.45, 2.75) is 26.4 Å². The van der Waals surface area contributed by atoms with E-state index >= 15 is 0 Å². The van der Waals surface area contributed by atoms with Crippen LogP contribution in [-0.2, 0) is 24.2 Å². The van der Waals surface area contributed by atoms with Crippen LogP contribution in [0.25, 0.3) is 11.4 Å². The third-order valence-electron chi connectivity index (χ3n) is 3.70. The standard InChI is InChI=1S/C16H19N3O/c1-3-11-6-4-5-7-12(11)16-18-14-8-9-20-10-13(14)15(17-2)19-16/h4-7H,3,8-10H2,1-2H3,(H,17,18,19). The van der Waals surface area contributed by atoms with Crippen LogP contribution in [0.2, 0.25) is 0 Å². The zero-order valence-corrected chi connectivity index (χ0v) is 11.9. The lowest BCUT2D eigenvalue weighted by Gasteiger charge is -2.19. The van der Waals surface area contributed by atoms with Crippen molar-refractivity contribution in [3.63, 3.8) is 0 Å². The minimum atomic E-state index is 0.598. The fourth-order valence-electron chi connectivity index (χ4n) is 2.61. The Hall–Kier alpha value is -1.94. The van der Waals surface area contributed by atoms with Crippen LogP contribution in [0.4, 0.5) is 5.82 Å². The Morgan fingerprint density at radius 2 is 2.10 bits per heavy atom. The van der Waals surface area contributed by atoms with E-state index in [2.05, 4.69) is 35.4 Å². The molecule has 0 aliphatic carbocycles. The van der Waals surface area contributed by atoms with Crippen molar-refractivity contribution in [2.75, 3.05) is 19.0 Å². The maximum Gasteiger partial charge on any atom is 0.162 e. The van der Waals surface area contributed by atoms with Crippen molar-refractivity contribution in [2.24, 2.45) is 0 Å². The number of ether oxygens (including phenoxy) is 1. The van der Waals surface area contributed by atoms with E-state index in [0.717, 1.165) is 47.9 Å². The Balaban J connectivity index is 2.14. The zero-order valence-electron chi connectivity index (χ0n) is 11.9. The maximum absolute atomic E-state index is 5.51. The first-order valence-electron chi connectivity index (χ1n) is 7.07. The number of anilines is 1. The third kappa shape index (κ3) is 2.27. The molecule has 4 heteroatoms. The first kappa shape index (κ1) is 13.1. The van der Waals surface area contributed by atoms with Gasteiger partial charge in [0.25, 0.3) is 0 Å². The zero-order chi connectivity index (χ0) is 13.9. The largest absolute Gasteiger partial charge is 0.376 e. The molecule has 1 N–H and O–H groups in total. The molecule has 0 saturated carbocycles. The molecule has 0 fully saturated rings. The molecule has 3 rings (SSSR count). The molecule has 1 aliphatic rings. The number of nitrogens with zero attached hydrogens (tertiary/aromatic N) is 2. The normalized spacial score (nSPS) is 13.9. The van der Waals surface area contributed by atoms with Crippen molar-refractivity contribution in [3.8, 4) is 11.4 Å². The predicted molar refractivity (Wildman–Crippen MR) is 79.8 cm³/mol. The molecule has 0 bridgehead atoms. The van der Waals surface area contributed by atoms with Crippen molar-refractivity contribution < 1.29 is 4.74 Å². The molecule has 1 aromatic heterocycles. The topological polar surface area (TPSA) is 47.0 Å². The first-order chi connectivity index (χ1) is 9.83. The second-order valence-electron chi connectivity index (χ2n) is 4.88. The van der Waals surface area contributed by atoms with E-state index in [0.29, 0.717) is 6.61 Å². The van der Waals surface area contributed by atoms with Gasteiger partial charge in [0.1, 0.15) is 5.82 Å². The Labute approximate surface area is 119 Å². The molecule has 20 heavy (non-hydrogen) atoms. The maximum atomic E-state index is 5.51.